The Bertz CT molecular complexity index is 598. The van der Waals surface area contributed by atoms with Crippen LogP contribution >= 0.6 is 15.9 Å². The van der Waals surface area contributed by atoms with Gasteiger partial charge in [-0.2, -0.15) is 0 Å². The van der Waals surface area contributed by atoms with Gasteiger partial charge in [0.1, 0.15) is 0 Å². The minimum Gasteiger partial charge on any atom is -0.449 e. The van der Waals surface area contributed by atoms with Crippen LogP contribution in [0.2, 0.25) is 0 Å². The summed E-state index contributed by atoms with van der Waals surface area (Å²) in [6.07, 6.45) is 7.62. The maximum Gasteiger partial charge on any atom is 0.409 e. The molecule has 4 aliphatic carbocycles. The van der Waals surface area contributed by atoms with E-state index in [2.05, 4.69) is 21.2 Å². The Balaban J connectivity index is 1.21. The molecule has 1 heterocycles. The standard InChI is InChI=1S/C20H30BrN3O4/c21-11-17(25)22-12-18(26)23-1-3-24(4-2-23)19(27)28-13-20-8-14-5-15(9-20)7-16(6-14)10-20/h14-16H,1-13H2,(H,22,25). The van der Waals surface area contributed by atoms with E-state index in [-0.39, 0.29) is 35.2 Å². The highest BCUT2D eigenvalue weighted by atomic mass is 79.9. The summed E-state index contributed by atoms with van der Waals surface area (Å²) >= 11 is 3.05. The van der Waals surface area contributed by atoms with Crippen molar-refractivity contribution in [1.29, 1.82) is 0 Å². The third-order valence-electron chi connectivity index (χ3n) is 7.12. The van der Waals surface area contributed by atoms with Crippen molar-refractivity contribution in [2.45, 2.75) is 38.5 Å². The van der Waals surface area contributed by atoms with E-state index in [4.69, 9.17) is 4.74 Å². The molecule has 0 aromatic rings. The van der Waals surface area contributed by atoms with Crippen LogP contribution in [0.1, 0.15) is 38.5 Å². The van der Waals surface area contributed by atoms with Crippen LogP contribution in [0.5, 0.6) is 0 Å². The summed E-state index contributed by atoms with van der Waals surface area (Å²) in [5.74, 6) is 2.23. The first kappa shape index (κ1) is 20.0. The Labute approximate surface area is 174 Å². The first-order valence-corrected chi connectivity index (χ1v) is 11.6. The Morgan fingerprint density at radius 2 is 1.46 bits per heavy atom. The first-order valence-electron chi connectivity index (χ1n) is 10.5. The summed E-state index contributed by atoms with van der Waals surface area (Å²) in [5.41, 5.74) is 0.232. The molecule has 0 aromatic carbocycles. The number of ether oxygens (including phenoxy) is 1. The molecule has 0 radical (unpaired) electrons. The lowest BCUT2D eigenvalue weighted by molar-refractivity contribution is -0.133. The van der Waals surface area contributed by atoms with Gasteiger partial charge in [0.15, 0.2) is 0 Å². The first-order chi connectivity index (χ1) is 13.5. The number of halogens is 1. The predicted octanol–water partition coefficient (Wildman–Crippen LogP) is 1.99. The van der Waals surface area contributed by atoms with E-state index in [1.165, 1.54) is 38.5 Å². The van der Waals surface area contributed by atoms with Crippen molar-refractivity contribution in [3.8, 4) is 0 Å². The van der Waals surface area contributed by atoms with Crippen LogP contribution in [0.4, 0.5) is 4.79 Å². The number of alkyl halides is 1. The van der Waals surface area contributed by atoms with E-state index in [9.17, 15) is 14.4 Å². The highest BCUT2D eigenvalue weighted by Gasteiger charge is 2.51. The zero-order chi connectivity index (χ0) is 19.7. The summed E-state index contributed by atoms with van der Waals surface area (Å²) < 4.78 is 5.78. The summed E-state index contributed by atoms with van der Waals surface area (Å²) in [4.78, 5) is 39.3. The van der Waals surface area contributed by atoms with Gasteiger partial charge in [-0.25, -0.2) is 4.79 Å². The van der Waals surface area contributed by atoms with Gasteiger partial charge in [0, 0.05) is 31.6 Å². The number of hydrogen-bond donors (Lipinski definition) is 1. The van der Waals surface area contributed by atoms with Crippen LogP contribution in [0.3, 0.4) is 0 Å². The molecule has 5 rings (SSSR count). The van der Waals surface area contributed by atoms with E-state index in [1.54, 1.807) is 9.80 Å². The van der Waals surface area contributed by atoms with Crippen molar-refractivity contribution in [1.82, 2.24) is 15.1 Å². The van der Waals surface area contributed by atoms with Crippen LogP contribution in [-0.4, -0.2) is 72.4 Å². The molecule has 4 bridgehead atoms. The van der Waals surface area contributed by atoms with Crippen LogP contribution in [0, 0.1) is 23.2 Å². The highest BCUT2D eigenvalue weighted by Crippen LogP contribution is 2.60. The minimum absolute atomic E-state index is 0.000893. The van der Waals surface area contributed by atoms with E-state index >= 15 is 0 Å². The molecule has 0 atom stereocenters. The lowest BCUT2D eigenvalue weighted by atomic mass is 9.50. The molecule has 5 fully saturated rings. The fourth-order valence-corrected chi connectivity index (χ4v) is 6.44. The largest absolute Gasteiger partial charge is 0.449 e. The fraction of sp³-hybridized carbons (Fsp3) is 0.850. The minimum atomic E-state index is -0.240. The molecule has 0 aromatic heterocycles. The van der Waals surface area contributed by atoms with Crippen molar-refractivity contribution < 1.29 is 19.1 Å². The van der Waals surface area contributed by atoms with Gasteiger partial charge in [0.2, 0.25) is 11.8 Å². The molecule has 5 aliphatic rings. The Kier molecular flexibility index (Phi) is 5.86. The molecule has 156 valence electrons. The van der Waals surface area contributed by atoms with E-state index in [0.717, 1.165) is 17.8 Å². The number of rotatable bonds is 5. The molecule has 7 nitrogen and oxygen atoms in total. The smallest absolute Gasteiger partial charge is 0.409 e. The number of hydrogen-bond acceptors (Lipinski definition) is 4. The second kappa shape index (κ2) is 8.20. The molecule has 1 saturated heterocycles. The average molecular weight is 456 g/mol. The van der Waals surface area contributed by atoms with E-state index in [0.29, 0.717) is 32.8 Å². The Morgan fingerprint density at radius 3 is 2.00 bits per heavy atom. The lowest BCUT2D eigenvalue weighted by Crippen LogP contribution is -2.53. The lowest BCUT2D eigenvalue weighted by Gasteiger charge is -2.56. The van der Waals surface area contributed by atoms with Gasteiger partial charge >= 0.3 is 6.09 Å². The quantitative estimate of drug-likeness (QED) is 0.642. The number of carbonyl (C=O) groups is 3. The van der Waals surface area contributed by atoms with Crippen molar-refractivity contribution in [3.05, 3.63) is 0 Å². The third kappa shape index (κ3) is 4.31. The molecule has 1 aliphatic heterocycles. The number of carbonyl (C=O) groups excluding carboxylic acids is 3. The predicted molar refractivity (Wildman–Crippen MR) is 107 cm³/mol. The molecule has 0 unspecified atom stereocenters. The maximum atomic E-state index is 12.6. The normalized spacial score (nSPS) is 33.7. The molecule has 0 spiro atoms. The van der Waals surface area contributed by atoms with Crippen LogP contribution in [0.25, 0.3) is 0 Å². The molecule has 28 heavy (non-hydrogen) atoms. The average Bonchev–Trinajstić information content (AvgIpc) is 2.69. The van der Waals surface area contributed by atoms with Gasteiger partial charge in [-0.1, -0.05) is 15.9 Å². The van der Waals surface area contributed by atoms with Gasteiger partial charge in [0.25, 0.3) is 0 Å². The monoisotopic (exact) mass is 455 g/mol. The van der Waals surface area contributed by atoms with Crippen molar-refractivity contribution in [2.24, 2.45) is 23.2 Å². The van der Waals surface area contributed by atoms with E-state index in [1.807, 2.05) is 0 Å². The van der Waals surface area contributed by atoms with Gasteiger partial charge in [-0.05, 0) is 56.3 Å². The third-order valence-corrected chi connectivity index (χ3v) is 7.62. The second-order valence-corrected chi connectivity index (χ2v) is 9.81. The zero-order valence-corrected chi connectivity index (χ0v) is 17.9. The van der Waals surface area contributed by atoms with Crippen LogP contribution in [0.15, 0.2) is 0 Å². The summed E-state index contributed by atoms with van der Waals surface area (Å²) in [6.45, 7) is 2.49. The zero-order valence-electron chi connectivity index (χ0n) is 16.3. The van der Waals surface area contributed by atoms with Crippen LogP contribution in [-0.2, 0) is 14.3 Å². The summed E-state index contributed by atoms with van der Waals surface area (Å²) in [5, 5.41) is 2.75. The fourth-order valence-electron chi connectivity index (χ4n) is 6.24. The molecular weight excluding hydrogens is 426 g/mol. The number of nitrogens with one attached hydrogen (secondary N) is 1. The highest BCUT2D eigenvalue weighted by molar-refractivity contribution is 9.09. The summed E-state index contributed by atoms with van der Waals surface area (Å²) in [6, 6.07) is 0. The second-order valence-electron chi connectivity index (χ2n) is 9.25. The van der Waals surface area contributed by atoms with E-state index < -0.39 is 0 Å². The van der Waals surface area contributed by atoms with Gasteiger partial charge in [0.05, 0.1) is 18.5 Å². The Morgan fingerprint density at radius 1 is 0.929 bits per heavy atom. The Hall–Kier alpha value is -1.31. The number of piperazine rings is 1. The molecule has 1 N–H and O–H groups in total. The van der Waals surface area contributed by atoms with Gasteiger partial charge < -0.3 is 19.9 Å². The van der Waals surface area contributed by atoms with Crippen molar-refractivity contribution >= 4 is 33.8 Å². The molecule has 8 heteroatoms. The van der Waals surface area contributed by atoms with Crippen LogP contribution < -0.4 is 5.32 Å². The molecule has 4 saturated carbocycles. The number of amides is 3. The molecule has 3 amide bonds. The van der Waals surface area contributed by atoms with Crippen molar-refractivity contribution in [3.63, 3.8) is 0 Å². The SMILES string of the molecule is O=C(CBr)NCC(=O)N1CCN(C(=O)OCC23CC4CC(CC(C4)C2)C3)CC1. The topological polar surface area (TPSA) is 79.0 Å². The molecular formula is C20H30BrN3O4. The summed E-state index contributed by atoms with van der Waals surface area (Å²) in [7, 11) is 0. The van der Waals surface area contributed by atoms with Crippen molar-refractivity contribution in [2.75, 3.05) is 44.7 Å². The number of nitrogens with zero attached hydrogens (tertiary/aromatic N) is 2. The maximum absolute atomic E-state index is 12.6. The van der Waals surface area contributed by atoms with Gasteiger partial charge in [-0.3, -0.25) is 9.59 Å². The van der Waals surface area contributed by atoms with Gasteiger partial charge in [-0.15, -0.1) is 0 Å².